The molecule has 3 nitrogen and oxygen atoms in total. The lowest BCUT2D eigenvalue weighted by Gasteiger charge is -2.29. The molecule has 25 heavy (non-hydrogen) atoms. The summed E-state index contributed by atoms with van der Waals surface area (Å²) in [4.78, 5) is 19.8. The average molecular weight is 369 g/mol. The summed E-state index contributed by atoms with van der Waals surface area (Å²) >= 11 is 3.19. The van der Waals surface area contributed by atoms with Crippen LogP contribution in [0.25, 0.3) is 10.6 Å². The minimum Gasteiger partial charge on any atom is -0.330 e. The predicted octanol–water partition coefficient (Wildman–Crippen LogP) is 5.31. The van der Waals surface area contributed by atoms with E-state index in [-0.39, 0.29) is 11.9 Å². The standard InChI is InChI=1S/C20H20N2OS2/c1-14(16-7-8-16)22(11-15-5-3-2-4-6-15)20(23)18-13-25-19(21-18)17-9-10-24-12-17/h2-6,9-10,12-14,16H,7-8,11H2,1H3. The molecule has 5 heteroatoms. The molecule has 128 valence electrons. The molecular formula is C20H20N2OS2. The Hall–Kier alpha value is -1.98. The van der Waals surface area contributed by atoms with Gasteiger partial charge in [0, 0.05) is 28.9 Å². The molecule has 0 N–H and O–H groups in total. The number of hydrogen-bond acceptors (Lipinski definition) is 4. The van der Waals surface area contributed by atoms with Gasteiger partial charge in [-0.1, -0.05) is 30.3 Å². The Morgan fingerprint density at radius 3 is 2.72 bits per heavy atom. The fourth-order valence-corrected chi connectivity index (χ4v) is 4.56. The highest BCUT2D eigenvalue weighted by molar-refractivity contribution is 7.14. The lowest BCUT2D eigenvalue weighted by atomic mass is 10.1. The van der Waals surface area contributed by atoms with Crippen LogP contribution in [0.3, 0.4) is 0 Å². The molecule has 1 fully saturated rings. The van der Waals surface area contributed by atoms with Crippen LogP contribution in [0.5, 0.6) is 0 Å². The maximum Gasteiger partial charge on any atom is 0.273 e. The van der Waals surface area contributed by atoms with E-state index in [0.717, 1.165) is 16.1 Å². The third-order valence-corrected chi connectivity index (χ3v) is 6.32. The van der Waals surface area contributed by atoms with Gasteiger partial charge in [0.15, 0.2) is 0 Å². The van der Waals surface area contributed by atoms with E-state index in [1.165, 1.54) is 12.8 Å². The summed E-state index contributed by atoms with van der Waals surface area (Å²) in [6, 6.07) is 12.5. The Balaban J connectivity index is 1.59. The van der Waals surface area contributed by atoms with E-state index in [4.69, 9.17) is 0 Å². The Kier molecular flexibility index (Phi) is 4.68. The number of hydrogen-bond donors (Lipinski definition) is 0. The van der Waals surface area contributed by atoms with Crippen molar-refractivity contribution in [3.05, 3.63) is 63.8 Å². The third-order valence-electron chi connectivity index (χ3n) is 4.74. The van der Waals surface area contributed by atoms with Crippen LogP contribution in [-0.4, -0.2) is 21.8 Å². The maximum absolute atomic E-state index is 13.2. The van der Waals surface area contributed by atoms with Gasteiger partial charge in [-0.2, -0.15) is 11.3 Å². The molecule has 0 saturated heterocycles. The van der Waals surface area contributed by atoms with E-state index < -0.39 is 0 Å². The predicted molar refractivity (Wildman–Crippen MR) is 104 cm³/mol. The Morgan fingerprint density at radius 1 is 1.24 bits per heavy atom. The van der Waals surface area contributed by atoms with Crippen LogP contribution in [0.4, 0.5) is 0 Å². The molecule has 1 saturated carbocycles. The molecule has 0 aliphatic heterocycles. The number of carbonyl (C=O) groups is 1. The number of thiophene rings is 1. The van der Waals surface area contributed by atoms with Gasteiger partial charge in [0.1, 0.15) is 10.7 Å². The van der Waals surface area contributed by atoms with Crippen molar-refractivity contribution in [2.75, 3.05) is 0 Å². The maximum atomic E-state index is 13.2. The van der Waals surface area contributed by atoms with Crippen molar-refractivity contribution in [2.24, 2.45) is 5.92 Å². The molecule has 0 bridgehead atoms. The highest BCUT2D eigenvalue weighted by Crippen LogP contribution is 2.36. The smallest absolute Gasteiger partial charge is 0.273 e. The normalized spacial score (nSPS) is 15.1. The van der Waals surface area contributed by atoms with Crippen molar-refractivity contribution in [3.63, 3.8) is 0 Å². The van der Waals surface area contributed by atoms with Crippen LogP contribution >= 0.6 is 22.7 Å². The lowest BCUT2D eigenvalue weighted by Crippen LogP contribution is -2.39. The van der Waals surface area contributed by atoms with Crippen molar-refractivity contribution >= 4 is 28.6 Å². The van der Waals surface area contributed by atoms with Crippen molar-refractivity contribution in [2.45, 2.75) is 32.4 Å². The van der Waals surface area contributed by atoms with Crippen LogP contribution in [0, 0.1) is 5.92 Å². The summed E-state index contributed by atoms with van der Waals surface area (Å²) in [5.74, 6) is 0.670. The number of carbonyl (C=O) groups excluding carboxylic acids is 1. The molecule has 0 spiro atoms. The van der Waals surface area contributed by atoms with Gasteiger partial charge in [-0.15, -0.1) is 11.3 Å². The molecule has 1 unspecified atom stereocenters. The lowest BCUT2D eigenvalue weighted by molar-refractivity contribution is 0.0649. The highest BCUT2D eigenvalue weighted by Gasteiger charge is 2.35. The second-order valence-corrected chi connectivity index (χ2v) is 8.18. The minimum atomic E-state index is 0.0426. The molecule has 2 aromatic heterocycles. The second-order valence-electron chi connectivity index (χ2n) is 6.55. The topological polar surface area (TPSA) is 33.2 Å². The third kappa shape index (κ3) is 3.67. The first kappa shape index (κ1) is 16.5. The van der Waals surface area contributed by atoms with Gasteiger partial charge in [0.05, 0.1) is 0 Å². The van der Waals surface area contributed by atoms with Crippen molar-refractivity contribution in [1.29, 1.82) is 0 Å². The molecule has 1 amide bonds. The van der Waals surface area contributed by atoms with Crippen molar-refractivity contribution in [3.8, 4) is 10.6 Å². The van der Waals surface area contributed by atoms with E-state index in [1.54, 1.807) is 22.7 Å². The van der Waals surface area contributed by atoms with Gasteiger partial charge in [0.2, 0.25) is 0 Å². The number of aromatic nitrogens is 1. The highest BCUT2D eigenvalue weighted by atomic mass is 32.1. The van der Waals surface area contributed by atoms with Crippen LogP contribution in [0.2, 0.25) is 0 Å². The van der Waals surface area contributed by atoms with Gasteiger partial charge in [0.25, 0.3) is 5.91 Å². The molecule has 1 aliphatic carbocycles. The van der Waals surface area contributed by atoms with Crippen LogP contribution in [0.1, 0.15) is 35.8 Å². The number of nitrogens with zero attached hydrogens (tertiary/aromatic N) is 2. The zero-order chi connectivity index (χ0) is 17.2. The summed E-state index contributed by atoms with van der Waals surface area (Å²) in [6.07, 6.45) is 2.44. The summed E-state index contributed by atoms with van der Waals surface area (Å²) in [5, 5.41) is 6.92. The summed E-state index contributed by atoms with van der Waals surface area (Å²) in [7, 11) is 0. The Bertz CT molecular complexity index is 838. The Labute approximate surface area is 156 Å². The molecule has 0 radical (unpaired) electrons. The van der Waals surface area contributed by atoms with E-state index >= 15 is 0 Å². The fraction of sp³-hybridized carbons (Fsp3) is 0.300. The second kappa shape index (κ2) is 7.10. The van der Waals surface area contributed by atoms with Gasteiger partial charge >= 0.3 is 0 Å². The summed E-state index contributed by atoms with van der Waals surface area (Å²) in [5.41, 5.74) is 2.82. The van der Waals surface area contributed by atoms with E-state index in [1.807, 2.05) is 39.9 Å². The van der Waals surface area contributed by atoms with Crippen molar-refractivity contribution in [1.82, 2.24) is 9.88 Å². The number of amides is 1. The van der Waals surface area contributed by atoms with Crippen LogP contribution in [0.15, 0.2) is 52.5 Å². The first-order valence-corrected chi connectivity index (χ1v) is 10.4. The molecule has 4 rings (SSSR count). The number of benzene rings is 1. The van der Waals surface area contributed by atoms with Gasteiger partial charge in [-0.05, 0) is 42.7 Å². The van der Waals surface area contributed by atoms with Crippen LogP contribution in [-0.2, 0) is 6.54 Å². The summed E-state index contributed by atoms with van der Waals surface area (Å²) in [6.45, 7) is 2.81. The first-order chi connectivity index (χ1) is 12.2. The molecule has 1 aliphatic rings. The average Bonchev–Trinajstić information content (AvgIpc) is 3.13. The molecule has 3 aromatic rings. The monoisotopic (exact) mass is 368 g/mol. The molecule has 1 atom stereocenters. The Morgan fingerprint density at radius 2 is 2.04 bits per heavy atom. The van der Waals surface area contributed by atoms with E-state index in [9.17, 15) is 4.79 Å². The van der Waals surface area contributed by atoms with Gasteiger partial charge < -0.3 is 4.90 Å². The quantitative estimate of drug-likeness (QED) is 0.590. The molecule has 2 heterocycles. The molecule has 1 aromatic carbocycles. The fourth-order valence-electron chi connectivity index (χ4n) is 3.05. The van der Waals surface area contributed by atoms with Crippen molar-refractivity contribution < 1.29 is 4.79 Å². The van der Waals surface area contributed by atoms with Crippen LogP contribution < -0.4 is 0 Å². The number of thiazole rings is 1. The summed E-state index contributed by atoms with van der Waals surface area (Å²) < 4.78 is 0. The van der Waals surface area contributed by atoms with Gasteiger partial charge in [-0.25, -0.2) is 4.98 Å². The number of rotatable bonds is 6. The zero-order valence-corrected chi connectivity index (χ0v) is 15.7. The zero-order valence-electron chi connectivity index (χ0n) is 14.1. The largest absolute Gasteiger partial charge is 0.330 e. The molecular weight excluding hydrogens is 348 g/mol. The minimum absolute atomic E-state index is 0.0426. The van der Waals surface area contributed by atoms with Gasteiger partial charge in [-0.3, -0.25) is 4.79 Å². The first-order valence-electron chi connectivity index (χ1n) is 8.55. The van der Waals surface area contributed by atoms with E-state index in [0.29, 0.717) is 18.2 Å². The van der Waals surface area contributed by atoms with E-state index in [2.05, 4.69) is 29.4 Å². The SMILES string of the molecule is CC(C1CC1)N(Cc1ccccc1)C(=O)c1csc(-c2ccsc2)n1.